The van der Waals surface area contributed by atoms with Gasteiger partial charge >= 0.3 is 0 Å². The number of nitrogens with one attached hydrogen (secondary N) is 1. The summed E-state index contributed by atoms with van der Waals surface area (Å²) in [5.41, 5.74) is 0. The number of thioether (sulfide) groups is 1. The Labute approximate surface area is 117 Å². The van der Waals surface area contributed by atoms with Crippen LogP contribution in [0.2, 0.25) is 0 Å². The summed E-state index contributed by atoms with van der Waals surface area (Å²) < 4.78 is 0. The number of rotatable bonds is 8. The summed E-state index contributed by atoms with van der Waals surface area (Å²) in [6.07, 6.45) is 2.58. The maximum Gasteiger partial charge on any atom is 0.0164 e. The van der Waals surface area contributed by atoms with E-state index in [0.717, 1.165) is 11.7 Å². The van der Waals surface area contributed by atoms with Crippen LogP contribution in [0.5, 0.6) is 0 Å². The molecule has 1 atom stereocenters. The highest BCUT2D eigenvalue weighted by molar-refractivity contribution is 7.99. The largest absolute Gasteiger partial charge is 0.311 e. The monoisotopic (exact) mass is 265 g/mol. The van der Waals surface area contributed by atoms with E-state index in [1.165, 1.54) is 17.7 Å². The first-order valence-electron chi connectivity index (χ1n) is 7.01. The van der Waals surface area contributed by atoms with Crippen LogP contribution in [-0.4, -0.2) is 17.8 Å². The Kier molecular flexibility index (Phi) is 7.45. The van der Waals surface area contributed by atoms with Gasteiger partial charge in [0.05, 0.1) is 0 Å². The zero-order chi connectivity index (χ0) is 13.4. The molecule has 18 heavy (non-hydrogen) atoms. The van der Waals surface area contributed by atoms with E-state index < -0.39 is 0 Å². The summed E-state index contributed by atoms with van der Waals surface area (Å²) in [7, 11) is 0. The third-order valence-corrected chi connectivity index (χ3v) is 4.03. The molecule has 1 nitrogen and oxygen atoms in total. The molecule has 2 heteroatoms. The van der Waals surface area contributed by atoms with Crippen LogP contribution in [0.15, 0.2) is 35.2 Å². The lowest BCUT2D eigenvalue weighted by atomic mass is 10.0. The van der Waals surface area contributed by atoms with Gasteiger partial charge in [0.25, 0.3) is 0 Å². The summed E-state index contributed by atoms with van der Waals surface area (Å²) in [6, 6.07) is 11.9. The van der Waals surface area contributed by atoms with Gasteiger partial charge in [0, 0.05) is 22.7 Å². The van der Waals surface area contributed by atoms with Crippen molar-refractivity contribution < 1.29 is 0 Å². The predicted molar refractivity (Wildman–Crippen MR) is 83.3 cm³/mol. The second kappa shape index (κ2) is 8.60. The molecule has 1 N–H and O–H groups in total. The molecule has 0 aromatic heterocycles. The number of hydrogen-bond acceptors (Lipinski definition) is 2. The molecule has 0 aliphatic rings. The average Bonchev–Trinajstić information content (AvgIpc) is 2.33. The molecule has 0 aliphatic carbocycles. The van der Waals surface area contributed by atoms with Gasteiger partial charge in [-0.15, -0.1) is 11.8 Å². The Morgan fingerprint density at radius 3 is 2.22 bits per heavy atom. The van der Waals surface area contributed by atoms with Crippen LogP contribution < -0.4 is 5.32 Å². The van der Waals surface area contributed by atoms with Crippen molar-refractivity contribution in [2.75, 3.05) is 5.75 Å². The molecule has 1 rings (SSSR count). The summed E-state index contributed by atoms with van der Waals surface area (Å²) in [5.74, 6) is 1.96. The summed E-state index contributed by atoms with van der Waals surface area (Å²) in [6.45, 7) is 9.07. The minimum absolute atomic E-state index is 0.568. The van der Waals surface area contributed by atoms with Crippen LogP contribution in [-0.2, 0) is 0 Å². The third kappa shape index (κ3) is 7.07. The zero-order valence-electron chi connectivity index (χ0n) is 12.1. The van der Waals surface area contributed by atoms with Gasteiger partial charge in [-0.05, 0) is 30.9 Å². The van der Waals surface area contributed by atoms with Crippen LogP contribution >= 0.6 is 11.8 Å². The molecule has 0 amide bonds. The highest BCUT2D eigenvalue weighted by Gasteiger charge is 2.11. The summed E-state index contributed by atoms with van der Waals surface area (Å²) in [5, 5.41) is 3.68. The minimum Gasteiger partial charge on any atom is -0.311 e. The van der Waals surface area contributed by atoms with Gasteiger partial charge in [-0.25, -0.2) is 0 Å². The summed E-state index contributed by atoms with van der Waals surface area (Å²) >= 11 is 1.96. The maximum absolute atomic E-state index is 3.68. The molecule has 102 valence electrons. The van der Waals surface area contributed by atoms with Crippen molar-refractivity contribution in [3.63, 3.8) is 0 Å². The molecule has 1 aromatic carbocycles. The van der Waals surface area contributed by atoms with Crippen molar-refractivity contribution in [1.82, 2.24) is 5.32 Å². The van der Waals surface area contributed by atoms with Crippen molar-refractivity contribution in [2.45, 2.75) is 57.5 Å². The number of benzene rings is 1. The smallest absolute Gasteiger partial charge is 0.0164 e. The van der Waals surface area contributed by atoms with E-state index in [1.54, 1.807) is 0 Å². The second-order valence-electron chi connectivity index (χ2n) is 5.61. The molecule has 0 radical (unpaired) electrons. The molecular formula is C16H27NS. The van der Waals surface area contributed by atoms with Crippen molar-refractivity contribution in [1.29, 1.82) is 0 Å². The van der Waals surface area contributed by atoms with Crippen molar-refractivity contribution in [3.05, 3.63) is 30.3 Å². The van der Waals surface area contributed by atoms with E-state index in [1.807, 2.05) is 11.8 Å². The van der Waals surface area contributed by atoms with Gasteiger partial charge in [-0.3, -0.25) is 0 Å². The minimum atomic E-state index is 0.568. The third-order valence-electron chi connectivity index (χ3n) is 2.86. The van der Waals surface area contributed by atoms with E-state index >= 15 is 0 Å². The van der Waals surface area contributed by atoms with Crippen LogP contribution in [0.3, 0.4) is 0 Å². The lowest BCUT2D eigenvalue weighted by molar-refractivity contribution is 0.428. The van der Waals surface area contributed by atoms with Gasteiger partial charge < -0.3 is 5.32 Å². The quantitative estimate of drug-likeness (QED) is 0.690. The number of hydrogen-bond donors (Lipinski definition) is 1. The van der Waals surface area contributed by atoms with Crippen LogP contribution in [0.1, 0.15) is 40.5 Å². The Bertz CT molecular complexity index is 308. The van der Waals surface area contributed by atoms with Gasteiger partial charge in [0.2, 0.25) is 0 Å². The Morgan fingerprint density at radius 1 is 1.00 bits per heavy atom. The summed E-state index contributed by atoms with van der Waals surface area (Å²) in [4.78, 5) is 1.37. The molecule has 1 unspecified atom stereocenters. The van der Waals surface area contributed by atoms with Gasteiger partial charge in [-0.1, -0.05) is 45.9 Å². The molecule has 0 heterocycles. The van der Waals surface area contributed by atoms with E-state index in [0.29, 0.717) is 12.1 Å². The Hall–Kier alpha value is -0.470. The first-order chi connectivity index (χ1) is 8.58. The zero-order valence-corrected chi connectivity index (χ0v) is 13.0. The van der Waals surface area contributed by atoms with Gasteiger partial charge in [0.15, 0.2) is 0 Å². The van der Waals surface area contributed by atoms with E-state index in [2.05, 4.69) is 63.3 Å². The van der Waals surface area contributed by atoms with Gasteiger partial charge in [0.1, 0.15) is 0 Å². The second-order valence-corrected chi connectivity index (χ2v) is 6.71. The highest BCUT2D eigenvalue weighted by atomic mass is 32.2. The fourth-order valence-electron chi connectivity index (χ4n) is 1.93. The lowest BCUT2D eigenvalue weighted by Gasteiger charge is -2.22. The topological polar surface area (TPSA) is 12.0 Å². The molecule has 0 saturated carbocycles. The average molecular weight is 265 g/mol. The van der Waals surface area contributed by atoms with Crippen LogP contribution in [0.4, 0.5) is 0 Å². The van der Waals surface area contributed by atoms with Crippen LogP contribution in [0.25, 0.3) is 0 Å². The van der Waals surface area contributed by atoms with E-state index in [4.69, 9.17) is 0 Å². The standard InChI is InChI=1S/C16H27NS/c1-13(2)10-11-15(17-14(3)4)12-18-16-8-6-5-7-9-16/h5-9,13-15,17H,10-12H2,1-4H3. The first kappa shape index (κ1) is 15.6. The predicted octanol–water partition coefficient (Wildman–Crippen LogP) is 4.58. The SMILES string of the molecule is CC(C)CCC(CSc1ccccc1)NC(C)C. The molecule has 0 fully saturated rings. The van der Waals surface area contributed by atoms with Crippen molar-refractivity contribution in [2.24, 2.45) is 5.92 Å². The Balaban J connectivity index is 2.40. The van der Waals surface area contributed by atoms with Crippen LogP contribution in [0, 0.1) is 5.92 Å². The normalized spacial score (nSPS) is 13.2. The van der Waals surface area contributed by atoms with Gasteiger partial charge in [-0.2, -0.15) is 0 Å². The lowest BCUT2D eigenvalue weighted by Crippen LogP contribution is -2.36. The molecule has 0 aliphatic heterocycles. The van der Waals surface area contributed by atoms with Crippen molar-refractivity contribution >= 4 is 11.8 Å². The first-order valence-corrected chi connectivity index (χ1v) is 8.00. The molecule has 0 saturated heterocycles. The molecular weight excluding hydrogens is 238 g/mol. The maximum atomic E-state index is 3.68. The fraction of sp³-hybridized carbons (Fsp3) is 0.625. The molecule has 0 bridgehead atoms. The van der Waals surface area contributed by atoms with Crippen molar-refractivity contribution in [3.8, 4) is 0 Å². The fourth-order valence-corrected chi connectivity index (χ4v) is 2.94. The highest BCUT2D eigenvalue weighted by Crippen LogP contribution is 2.20. The molecule has 1 aromatic rings. The Morgan fingerprint density at radius 2 is 1.67 bits per heavy atom. The van der Waals surface area contributed by atoms with E-state index in [-0.39, 0.29) is 0 Å². The van der Waals surface area contributed by atoms with E-state index in [9.17, 15) is 0 Å². The molecule has 0 spiro atoms.